The monoisotopic (exact) mass is 408 g/mol. The number of anilines is 1. The molecular weight excluding hydrogens is 396 g/mol. The maximum atomic E-state index is 12.2. The molecule has 0 saturated heterocycles. The van der Waals surface area contributed by atoms with Crippen molar-refractivity contribution in [1.29, 1.82) is 5.26 Å². The summed E-state index contributed by atoms with van der Waals surface area (Å²) in [5, 5.41) is 15.8. The van der Waals surface area contributed by atoms with Crippen LogP contribution in [0.1, 0.15) is 5.56 Å². The van der Waals surface area contributed by atoms with E-state index in [1.165, 1.54) is 6.07 Å². The number of nitrogens with one attached hydrogen (secondary N) is 1. The molecule has 0 aliphatic carbocycles. The summed E-state index contributed by atoms with van der Waals surface area (Å²) in [6.45, 7) is -0.222. The fourth-order valence-corrected chi connectivity index (χ4v) is 2.60. The number of benzene rings is 2. The molecule has 0 atom stereocenters. The van der Waals surface area contributed by atoms with E-state index >= 15 is 0 Å². The standard InChI is InChI=1S/C19H13BrN4O2/c20-15-6-4-14(5-7-15)17-8-9-19(26)24(23-17)12-18(25)22-16-3-1-2-13(10-16)11-21/h1-10H,12H2,(H,22,25). The van der Waals surface area contributed by atoms with Crippen molar-refractivity contribution in [3.05, 3.63) is 81.1 Å². The SMILES string of the molecule is N#Cc1cccc(NC(=O)Cn2nc(-c3ccc(Br)cc3)ccc2=O)c1. The maximum Gasteiger partial charge on any atom is 0.267 e. The predicted molar refractivity (Wildman–Crippen MR) is 101 cm³/mol. The van der Waals surface area contributed by atoms with Gasteiger partial charge in [0.25, 0.3) is 5.56 Å². The fraction of sp³-hybridized carbons (Fsp3) is 0.0526. The van der Waals surface area contributed by atoms with Gasteiger partial charge in [0.15, 0.2) is 0 Å². The molecule has 6 nitrogen and oxygen atoms in total. The van der Waals surface area contributed by atoms with Gasteiger partial charge in [-0.2, -0.15) is 10.4 Å². The lowest BCUT2D eigenvalue weighted by atomic mass is 10.1. The normalized spacial score (nSPS) is 10.2. The Morgan fingerprint density at radius 3 is 2.65 bits per heavy atom. The Morgan fingerprint density at radius 2 is 1.92 bits per heavy atom. The Balaban J connectivity index is 1.79. The summed E-state index contributed by atoms with van der Waals surface area (Å²) < 4.78 is 2.05. The highest BCUT2D eigenvalue weighted by Crippen LogP contribution is 2.18. The quantitative estimate of drug-likeness (QED) is 0.717. The molecule has 1 heterocycles. The Morgan fingerprint density at radius 1 is 1.15 bits per heavy atom. The highest BCUT2D eigenvalue weighted by Gasteiger charge is 2.09. The molecule has 0 fully saturated rings. The van der Waals surface area contributed by atoms with E-state index in [0.717, 1.165) is 14.7 Å². The highest BCUT2D eigenvalue weighted by molar-refractivity contribution is 9.10. The van der Waals surface area contributed by atoms with E-state index in [9.17, 15) is 9.59 Å². The molecule has 0 aliphatic heterocycles. The fourth-order valence-electron chi connectivity index (χ4n) is 2.34. The van der Waals surface area contributed by atoms with Crippen LogP contribution in [0, 0.1) is 11.3 Å². The minimum Gasteiger partial charge on any atom is -0.324 e. The van der Waals surface area contributed by atoms with Gasteiger partial charge in [0.05, 0.1) is 17.3 Å². The van der Waals surface area contributed by atoms with Crippen LogP contribution in [-0.2, 0) is 11.3 Å². The molecule has 3 aromatic rings. The first-order valence-electron chi connectivity index (χ1n) is 7.69. The lowest BCUT2D eigenvalue weighted by molar-refractivity contribution is -0.117. The maximum absolute atomic E-state index is 12.2. The Kier molecular flexibility index (Phi) is 5.25. The number of halogens is 1. The van der Waals surface area contributed by atoms with Crippen molar-refractivity contribution in [2.75, 3.05) is 5.32 Å². The lowest BCUT2D eigenvalue weighted by Gasteiger charge is -2.08. The topological polar surface area (TPSA) is 87.8 Å². The zero-order valence-corrected chi connectivity index (χ0v) is 15.1. The summed E-state index contributed by atoms with van der Waals surface area (Å²) in [6.07, 6.45) is 0. The van der Waals surface area contributed by atoms with Crippen molar-refractivity contribution < 1.29 is 4.79 Å². The van der Waals surface area contributed by atoms with E-state index < -0.39 is 5.91 Å². The Hall–Kier alpha value is -3.24. The van der Waals surface area contributed by atoms with Gasteiger partial charge in [-0.15, -0.1) is 0 Å². The van der Waals surface area contributed by atoms with E-state index in [1.807, 2.05) is 30.3 Å². The van der Waals surface area contributed by atoms with Crippen molar-refractivity contribution in [3.8, 4) is 17.3 Å². The number of nitrogens with zero attached hydrogens (tertiary/aromatic N) is 3. The van der Waals surface area contributed by atoms with Crippen LogP contribution in [0.2, 0.25) is 0 Å². The number of nitriles is 1. The number of aromatic nitrogens is 2. The van der Waals surface area contributed by atoms with Crippen LogP contribution >= 0.6 is 15.9 Å². The highest BCUT2D eigenvalue weighted by atomic mass is 79.9. The molecule has 128 valence electrons. The van der Waals surface area contributed by atoms with E-state index in [2.05, 4.69) is 26.3 Å². The van der Waals surface area contributed by atoms with Crippen LogP contribution in [0.5, 0.6) is 0 Å². The van der Waals surface area contributed by atoms with Crippen LogP contribution in [0.4, 0.5) is 5.69 Å². The Labute approximate surface area is 157 Å². The van der Waals surface area contributed by atoms with Gasteiger partial charge in [-0.3, -0.25) is 9.59 Å². The molecule has 0 radical (unpaired) electrons. The van der Waals surface area contributed by atoms with Gasteiger partial charge in [0.1, 0.15) is 6.54 Å². The zero-order valence-electron chi connectivity index (χ0n) is 13.5. The number of carbonyl (C=O) groups is 1. The van der Waals surface area contributed by atoms with Crippen LogP contribution < -0.4 is 10.9 Å². The van der Waals surface area contributed by atoms with Crippen LogP contribution in [0.25, 0.3) is 11.3 Å². The molecule has 26 heavy (non-hydrogen) atoms. The first-order valence-corrected chi connectivity index (χ1v) is 8.48. The largest absolute Gasteiger partial charge is 0.324 e. The number of rotatable bonds is 4. The lowest BCUT2D eigenvalue weighted by Crippen LogP contribution is -2.29. The van der Waals surface area contributed by atoms with Gasteiger partial charge in [-0.1, -0.05) is 34.1 Å². The second kappa shape index (κ2) is 7.76. The molecule has 7 heteroatoms. The summed E-state index contributed by atoms with van der Waals surface area (Å²) in [6, 6.07) is 19.1. The van der Waals surface area contributed by atoms with Crippen LogP contribution in [0.15, 0.2) is 69.9 Å². The predicted octanol–water partition coefficient (Wildman–Crippen LogP) is 3.18. The molecule has 1 amide bonds. The molecule has 1 aromatic heterocycles. The summed E-state index contributed by atoms with van der Waals surface area (Å²) in [5.74, 6) is -0.400. The number of hydrogen-bond donors (Lipinski definition) is 1. The van der Waals surface area contributed by atoms with E-state index in [0.29, 0.717) is 16.9 Å². The van der Waals surface area contributed by atoms with Crippen molar-refractivity contribution in [3.63, 3.8) is 0 Å². The molecule has 2 aromatic carbocycles. The zero-order chi connectivity index (χ0) is 18.5. The Bertz CT molecular complexity index is 1050. The summed E-state index contributed by atoms with van der Waals surface area (Å²) in [7, 11) is 0. The molecule has 0 bridgehead atoms. The van der Waals surface area contributed by atoms with Crippen LogP contribution in [-0.4, -0.2) is 15.7 Å². The number of amides is 1. The average molecular weight is 409 g/mol. The van der Waals surface area contributed by atoms with Gasteiger partial charge in [0, 0.05) is 21.8 Å². The molecule has 0 spiro atoms. The molecular formula is C19H13BrN4O2. The van der Waals surface area contributed by atoms with Gasteiger partial charge in [-0.25, -0.2) is 4.68 Å². The van der Waals surface area contributed by atoms with Gasteiger partial charge in [-0.05, 0) is 36.4 Å². The third kappa shape index (κ3) is 4.23. The van der Waals surface area contributed by atoms with Gasteiger partial charge >= 0.3 is 0 Å². The van der Waals surface area contributed by atoms with Crippen molar-refractivity contribution in [2.24, 2.45) is 0 Å². The van der Waals surface area contributed by atoms with E-state index in [1.54, 1.807) is 30.3 Å². The first-order chi connectivity index (χ1) is 12.5. The molecule has 1 N–H and O–H groups in total. The summed E-state index contributed by atoms with van der Waals surface area (Å²) >= 11 is 3.37. The second-order valence-corrected chi connectivity index (χ2v) is 6.38. The minimum atomic E-state index is -0.400. The number of carbonyl (C=O) groups excluding carboxylic acids is 1. The van der Waals surface area contributed by atoms with E-state index in [4.69, 9.17) is 5.26 Å². The summed E-state index contributed by atoms with van der Waals surface area (Å²) in [5.41, 5.74) is 1.99. The third-order valence-electron chi connectivity index (χ3n) is 3.58. The van der Waals surface area contributed by atoms with Gasteiger partial charge < -0.3 is 5.32 Å². The molecule has 0 aliphatic rings. The third-order valence-corrected chi connectivity index (χ3v) is 4.10. The average Bonchev–Trinajstić information content (AvgIpc) is 2.64. The smallest absolute Gasteiger partial charge is 0.267 e. The second-order valence-electron chi connectivity index (χ2n) is 5.46. The summed E-state index contributed by atoms with van der Waals surface area (Å²) in [4.78, 5) is 24.2. The molecule has 0 unspecified atom stereocenters. The van der Waals surface area contributed by atoms with Crippen molar-refractivity contribution >= 4 is 27.5 Å². The minimum absolute atomic E-state index is 0.222. The van der Waals surface area contributed by atoms with Crippen molar-refractivity contribution in [2.45, 2.75) is 6.54 Å². The number of hydrogen-bond acceptors (Lipinski definition) is 4. The van der Waals surface area contributed by atoms with E-state index in [-0.39, 0.29) is 12.1 Å². The molecule has 3 rings (SSSR count). The van der Waals surface area contributed by atoms with Crippen LogP contribution in [0.3, 0.4) is 0 Å². The van der Waals surface area contributed by atoms with Gasteiger partial charge in [0.2, 0.25) is 5.91 Å². The van der Waals surface area contributed by atoms with Crippen molar-refractivity contribution in [1.82, 2.24) is 9.78 Å². The first kappa shape index (κ1) is 17.6. The molecule has 0 saturated carbocycles.